The van der Waals surface area contributed by atoms with Crippen LogP contribution in [-0.2, 0) is 6.42 Å². The van der Waals surface area contributed by atoms with Crippen molar-refractivity contribution in [2.75, 3.05) is 12.5 Å². The lowest BCUT2D eigenvalue weighted by molar-refractivity contribution is 0.0943. The fourth-order valence-electron chi connectivity index (χ4n) is 1.67. The molecule has 1 aliphatic heterocycles. The van der Waals surface area contributed by atoms with Gasteiger partial charge in [0.2, 0.25) is 0 Å². The second-order valence-electron chi connectivity index (χ2n) is 3.95. The van der Waals surface area contributed by atoms with Crippen molar-refractivity contribution in [1.29, 1.82) is 0 Å². The van der Waals surface area contributed by atoms with E-state index in [1.807, 2.05) is 19.1 Å². The highest BCUT2D eigenvalue weighted by Crippen LogP contribution is 2.25. The summed E-state index contributed by atoms with van der Waals surface area (Å²) in [6.45, 7) is 2.58. The lowest BCUT2D eigenvalue weighted by Crippen LogP contribution is -2.33. The summed E-state index contributed by atoms with van der Waals surface area (Å²) in [5, 5.41) is 2.83. The Hall–Kier alpha value is -1.22. The summed E-state index contributed by atoms with van der Waals surface area (Å²) < 4.78 is 5.38. The van der Waals surface area contributed by atoms with Crippen molar-refractivity contribution in [3.8, 4) is 5.75 Å². The van der Waals surface area contributed by atoms with Gasteiger partial charge in [-0.15, -0.1) is 11.6 Å². The van der Waals surface area contributed by atoms with Crippen LogP contribution in [0.4, 0.5) is 0 Å². The Balaban J connectivity index is 2.12. The number of nitrogens with one attached hydrogen (secondary N) is 1. The van der Waals surface area contributed by atoms with Crippen molar-refractivity contribution in [2.45, 2.75) is 19.4 Å². The second-order valence-corrected chi connectivity index (χ2v) is 4.26. The fraction of sp³-hybridized carbons (Fsp3) is 0.417. The summed E-state index contributed by atoms with van der Waals surface area (Å²) in [7, 11) is 0. The Kier molecular flexibility index (Phi) is 3.34. The van der Waals surface area contributed by atoms with Gasteiger partial charge in [0.05, 0.1) is 6.61 Å². The summed E-state index contributed by atoms with van der Waals surface area (Å²) in [6.07, 6.45) is 0.877. The first-order valence-electron chi connectivity index (χ1n) is 5.33. The minimum Gasteiger partial charge on any atom is -0.493 e. The van der Waals surface area contributed by atoms with Gasteiger partial charge < -0.3 is 10.1 Å². The van der Waals surface area contributed by atoms with Crippen LogP contribution in [-0.4, -0.2) is 24.4 Å². The van der Waals surface area contributed by atoms with Gasteiger partial charge in [0.25, 0.3) is 5.91 Å². The van der Waals surface area contributed by atoms with E-state index in [9.17, 15) is 4.79 Å². The van der Waals surface area contributed by atoms with Gasteiger partial charge in [0.15, 0.2) is 0 Å². The molecule has 0 saturated heterocycles. The van der Waals surface area contributed by atoms with E-state index in [1.165, 1.54) is 0 Å². The van der Waals surface area contributed by atoms with E-state index in [1.54, 1.807) is 6.07 Å². The molecule has 0 spiro atoms. The second kappa shape index (κ2) is 4.74. The third-order valence-electron chi connectivity index (χ3n) is 2.56. The van der Waals surface area contributed by atoms with Gasteiger partial charge in [-0.05, 0) is 30.7 Å². The molecule has 86 valence electrons. The monoisotopic (exact) mass is 239 g/mol. The first kappa shape index (κ1) is 11.3. The number of carbonyl (C=O) groups excluding carboxylic acids is 1. The number of rotatable bonds is 3. The molecular weight excluding hydrogens is 226 g/mol. The van der Waals surface area contributed by atoms with Crippen molar-refractivity contribution in [2.24, 2.45) is 0 Å². The molecule has 0 fully saturated rings. The van der Waals surface area contributed by atoms with Crippen molar-refractivity contribution >= 4 is 17.5 Å². The third kappa shape index (κ3) is 2.30. The molecule has 3 nitrogen and oxygen atoms in total. The lowest BCUT2D eigenvalue weighted by Gasteiger charge is -2.10. The van der Waals surface area contributed by atoms with E-state index in [-0.39, 0.29) is 11.9 Å². The van der Waals surface area contributed by atoms with E-state index in [2.05, 4.69) is 5.32 Å². The van der Waals surface area contributed by atoms with Crippen molar-refractivity contribution in [3.05, 3.63) is 29.3 Å². The van der Waals surface area contributed by atoms with Crippen LogP contribution in [0.15, 0.2) is 18.2 Å². The largest absolute Gasteiger partial charge is 0.493 e. The molecule has 16 heavy (non-hydrogen) atoms. The predicted molar refractivity (Wildman–Crippen MR) is 63.3 cm³/mol. The standard InChI is InChI=1S/C12H14ClNO2/c1-8(7-13)14-12(15)10-2-3-11-9(6-10)4-5-16-11/h2-3,6,8H,4-5,7H2,1H3,(H,14,15). The zero-order valence-electron chi connectivity index (χ0n) is 9.13. The van der Waals surface area contributed by atoms with Crippen LogP contribution < -0.4 is 10.1 Å². The van der Waals surface area contributed by atoms with Crippen LogP contribution in [0.2, 0.25) is 0 Å². The molecule has 0 radical (unpaired) electrons. The molecule has 1 N–H and O–H groups in total. The number of amides is 1. The number of halogens is 1. The maximum atomic E-state index is 11.8. The fourth-order valence-corrected chi connectivity index (χ4v) is 1.75. The maximum Gasteiger partial charge on any atom is 0.251 e. The van der Waals surface area contributed by atoms with Gasteiger partial charge in [-0.2, -0.15) is 0 Å². The van der Waals surface area contributed by atoms with Crippen LogP contribution >= 0.6 is 11.6 Å². The molecule has 0 aromatic heterocycles. The van der Waals surface area contributed by atoms with Gasteiger partial charge in [0, 0.05) is 23.9 Å². The summed E-state index contributed by atoms with van der Waals surface area (Å²) in [5.41, 5.74) is 1.77. The highest BCUT2D eigenvalue weighted by molar-refractivity contribution is 6.18. The molecule has 2 rings (SSSR count). The Bertz CT molecular complexity index is 406. The molecule has 1 heterocycles. The van der Waals surface area contributed by atoms with Gasteiger partial charge >= 0.3 is 0 Å². The number of alkyl halides is 1. The molecule has 1 aliphatic rings. The number of fused-ring (bicyclic) bond motifs is 1. The van der Waals surface area contributed by atoms with Crippen LogP contribution in [0.25, 0.3) is 0 Å². The van der Waals surface area contributed by atoms with Crippen LogP contribution in [0, 0.1) is 0 Å². The highest BCUT2D eigenvalue weighted by atomic mass is 35.5. The van der Waals surface area contributed by atoms with Gasteiger partial charge in [-0.1, -0.05) is 0 Å². The number of ether oxygens (including phenoxy) is 1. The first-order valence-corrected chi connectivity index (χ1v) is 5.86. The summed E-state index contributed by atoms with van der Waals surface area (Å²) in [4.78, 5) is 11.8. The van der Waals surface area contributed by atoms with Crippen LogP contribution in [0.1, 0.15) is 22.8 Å². The molecule has 0 saturated carbocycles. The maximum absolute atomic E-state index is 11.8. The van der Waals surface area contributed by atoms with Crippen molar-refractivity contribution in [1.82, 2.24) is 5.32 Å². The minimum absolute atomic E-state index is 0.0151. The van der Waals surface area contributed by atoms with Crippen molar-refractivity contribution in [3.63, 3.8) is 0 Å². The zero-order chi connectivity index (χ0) is 11.5. The Morgan fingerprint density at radius 2 is 2.44 bits per heavy atom. The highest BCUT2D eigenvalue weighted by Gasteiger charge is 2.15. The van der Waals surface area contributed by atoms with Crippen LogP contribution in [0.5, 0.6) is 5.75 Å². The van der Waals surface area contributed by atoms with Gasteiger partial charge in [0.1, 0.15) is 5.75 Å². The van der Waals surface area contributed by atoms with E-state index < -0.39 is 0 Å². The average molecular weight is 240 g/mol. The van der Waals surface area contributed by atoms with E-state index in [0.717, 1.165) is 17.7 Å². The SMILES string of the molecule is CC(CCl)NC(=O)c1ccc2c(c1)CCO2. The number of hydrogen-bond donors (Lipinski definition) is 1. The molecule has 1 unspecified atom stereocenters. The molecule has 0 bridgehead atoms. The molecule has 1 aromatic rings. The van der Waals surface area contributed by atoms with Crippen molar-refractivity contribution < 1.29 is 9.53 Å². The summed E-state index contributed by atoms with van der Waals surface area (Å²) >= 11 is 5.64. The van der Waals surface area contributed by atoms with Gasteiger partial charge in [-0.25, -0.2) is 0 Å². The van der Waals surface area contributed by atoms with E-state index >= 15 is 0 Å². The molecule has 1 amide bonds. The topological polar surface area (TPSA) is 38.3 Å². The third-order valence-corrected chi connectivity index (χ3v) is 3.02. The summed E-state index contributed by atoms with van der Waals surface area (Å²) in [5.74, 6) is 1.23. The molecule has 1 aromatic carbocycles. The summed E-state index contributed by atoms with van der Waals surface area (Å²) in [6, 6.07) is 5.50. The number of hydrogen-bond acceptors (Lipinski definition) is 2. The number of carbonyl (C=O) groups is 1. The van der Waals surface area contributed by atoms with Crippen LogP contribution in [0.3, 0.4) is 0 Å². The zero-order valence-corrected chi connectivity index (χ0v) is 9.88. The predicted octanol–water partition coefficient (Wildman–Crippen LogP) is 1.98. The van der Waals surface area contributed by atoms with E-state index in [0.29, 0.717) is 18.1 Å². The first-order chi connectivity index (χ1) is 7.70. The molecule has 4 heteroatoms. The van der Waals surface area contributed by atoms with Gasteiger partial charge in [-0.3, -0.25) is 4.79 Å². The smallest absolute Gasteiger partial charge is 0.251 e. The molecular formula is C12H14ClNO2. The lowest BCUT2D eigenvalue weighted by atomic mass is 10.1. The quantitative estimate of drug-likeness (QED) is 0.820. The Morgan fingerprint density at radius 3 is 3.19 bits per heavy atom. The van der Waals surface area contributed by atoms with E-state index in [4.69, 9.17) is 16.3 Å². The minimum atomic E-state index is -0.0807. The molecule has 1 atom stereocenters. The molecule has 0 aliphatic carbocycles. The number of benzene rings is 1. The normalized spacial score (nSPS) is 15.1. The Morgan fingerprint density at radius 1 is 1.62 bits per heavy atom. The average Bonchev–Trinajstić information content (AvgIpc) is 2.75. The Labute approximate surface area is 99.7 Å².